The zero-order chi connectivity index (χ0) is 12.5. The van der Waals surface area contributed by atoms with Crippen molar-refractivity contribution in [2.24, 2.45) is 0 Å². The number of benzene rings is 1. The van der Waals surface area contributed by atoms with Crippen molar-refractivity contribution in [1.29, 1.82) is 0 Å². The zero-order valence-corrected chi connectivity index (χ0v) is 10.8. The molecule has 18 heavy (non-hydrogen) atoms. The van der Waals surface area contributed by atoms with Gasteiger partial charge >= 0.3 is 0 Å². The monoisotopic (exact) mass is 304 g/mol. The van der Waals surface area contributed by atoms with E-state index >= 15 is 0 Å². The molecule has 3 rings (SSSR count). The summed E-state index contributed by atoms with van der Waals surface area (Å²) >= 11 is 3.47. The fourth-order valence-electron chi connectivity index (χ4n) is 1.72. The molecule has 1 aromatic carbocycles. The molecule has 0 atom stereocenters. The average Bonchev–Trinajstić information content (AvgIpc) is 2.86. The van der Waals surface area contributed by atoms with Crippen LogP contribution >= 0.6 is 15.9 Å². The molecule has 0 radical (unpaired) electrons. The molecule has 90 valence electrons. The van der Waals surface area contributed by atoms with Gasteiger partial charge in [0.15, 0.2) is 5.82 Å². The lowest BCUT2D eigenvalue weighted by atomic mass is 10.2. The zero-order valence-electron chi connectivity index (χ0n) is 9.26. The molecule has 0 unspecified atom stereocenters. The second-order valence-corrected chi connectivity index (χ2v) is 4.63. The minimum atomic E-state index is -0.168. The van der Waals surface area contributed by atoms with Gasteiger partial charge in [-0.3, -0.25) is 5.10 Å². The number of aromatic nitrogens is 4. The van der Waals surface area contributed by atoms with Crippen LogP contribution in [0.3, 0.4) is 0 Å². The lowest BCUT2D eigenvalue weighted by Gasteiger charge is -2.02. The Bertz CT molecular complexity index is 710. The average molecular weight is 305 g/mol. The van der Waals surface area contributed by atoms with Gasteiger partial charge in [-0.2, -0.15) is 5.10 Å². The van der Waals surface area contributed by atoms with E-state index in [1.807, 2.05) is 30.3 Å². The third-order valence-electron chi connectivity index (χ3n) is 2.57. The summed E-state index contributed by atoms with van der Waals surface area (Å²) in [6.07, 6.45) is 0. The van der Waals surface area contributed by atoms with Gasteiger partial charge in [0, 0.05) is 9.86 Å². The first kappa shape index (κ1) is 11.3. The van der Waals surface area contributed by atoms with Crippen LogP contribution in [0.5, 0.6) is 0 Å². The Balaban J connectivity index is 2.19. The second kappa shape index (κ2) is 4.47. The summed E-state index contributed by atoms with van der Waals surface area (Å²) < 4.78 is 0.824. The number of rotatable bonds is 2. The number of H-pyrrole nitrogens is 1. The topological polar surface area (TPSA) is 74.7 Å². The highest BCUT2D eigenvalue weighted by atomic mass is 79.9. The fourth-order valence-corrected chi connectivity index (χ4v) is 2.23. The number of aliphatic hydroxyl groups excluding tert-OH is 1. The van der Waals surface area contributed by atoms with Crippen LogP contribution in [-0.2, 0) is 6.61 Å². The highest BCUT2D eigenvalue weighted by Gasteiger charge is 2.12. The van der Waals surface area contributed by atoms with Gasteiger partial charge in [0.2, 0.25) is 5.82 Å². The number of aliphatic hydroxyl groups is 1. The Morgan fingerprint density at radius 1 is 1.22 bits per heavy atom. The first-order chi connectivity index (χ1) is 8.78. The van der Waals surface area contributed by atoms with Crippen LogP contribution < -0.4 is 0 Å². The van der Waals surface area contributed by atoms with Crippen LogP contribution in [0.15, 0.2) is 34.8 Å². The van der Waals surface area contributed by atoms with Crippen LogP contribution in [0.1, 0.15) is 5.82 Å². The maximum Gasteiger partial charge on any atom is 0.201 e. The molecular formula is C12H9BrN4O. The van der Waals surface area contributed by atoms with E-state index in [0.717, 1.165) is 15.4 Å². The van der Waals surface area contributed by atoms with Crippen molar-refractivity contribution in [2.45, 2.75) is 6.61 Å². The number of halogens is 1. The Hall–Kier alpha value is -1.79. The molecule has 2 heterocycles. The van der Waals surface area contributed by atoms with Crippen molar-refractivity contribution in [2.75, 3.05) is 0 Å². The van der Waals surface area contributed by atoms with Gasteiger partial charge in [0.05, 0.1) is 5.52 Å². The lowest BCUT2D eigenvalue weighted by molar-refractivity contribution is 0.272. The van der Waals surface area contributed by atoms with Crippen LogP contribution in [-0.4, -0.2) is 25.3 Å². The number of nitrogens with one attached hydrogen (secondary N) is 1. The molecule has 5 nitrogen and oxygen atoms in total. The molecule has 0 saturated carbocycles. The summed E-state index contributed by atoms with van der Waals surface area (Å²) in [5.41, 5.74) is 1.54. The van der Waals surface area contributed by atoms with Gasteiger partial charge in [-0.1, -0.05) is 18.2 Å². The largest absolute Gasteiger partial charge is 0.388 e. The van der Waals surface area contributed by atoms with Crippen LogP contribution in [0.25, 0.3) is 22.4 Å². The number of hydrogen-bond acceptors (Lipinski definition) is 4. The van der Waals surface area contributed by atoms with Gasteiger partial charge in [0.1, 0.15) is 12.3 Å². The molecule has 6 heteroatoms. The van der Waals surface area contributed by atoms with Crippen LogP contribution in [0.4, 0.5) is 0 Å². The molecule has 0 fully saturated rings. The van der Waals surface area contributed by atoms with E-state index in [1.54, 1.807) is 0 Å². The minimum absolute atomic E-state index is 0.168. The Kier molecular flexibility index (Phi) is 2.81. The lowest BCUT2D eigenvalue weighted by Crippen LogP contribution is -1.90. The highest BCUT2D eigenvalue weighted by Crippen LogP contribution is 2.27. The van der Waals surface area contributed by atoms with Crippen molar-refractivity contribution in [3.05, 3.63) is 40.6 Å². The Morgan fingerprint density at radius 3 is 2.83 bits per heavy atom. The molecule has 3 aromatic rings. The number of para-hydroxylation sites is 1. The number of nitrogens with zero attached hydrogens (tertiary/aromatic N) is 3. The van der Waals surface area contributed by atoms with Gasteiger partial charge in [-0.05, 0) is 28.1 Å². The van der Waals surface area contributed by atoms with Crippen molar-refractivity contribution in [3.8, 4) is 11.5 Å². The standard InChI is InChI=1S/C12H9BrN4O/c13-8-5-7-3-1-2-4-9(7)14-11(8)12-15-10(6-18)16-17-12/h1-5,18H,6H2,(H,15,16,17). The molecule has 2 aromatic heterocycles. The summed E-state index contributed by atoms with van der Waals surface area (Å²) in [6, 6.07) is 9.81. The third kappa shape index (κ3) is 1.89. The van der Waals surface area contributed by atoms with Crippen LogP contribution in [0, 0.1) is 0 Å². The van der Waals surface area contributed by atoms with Crippen molar-refractivity contribution >= 4 is 26.8 Å². The van der Waals surface area contributed by atoms with Gasteiger partial charge < -0.3 is 5.11 Å². The molecule has 0 aliphatic heterocycles. The molecule has 0 aliphatic carbocycles. The summed E-state index contributed by atoms with van der Waals surface area (Å²) in [4.78, 5) is 8.68. The van der Waals surface area contributed by atoms with Crippen molar-refractivity contribution in [3.63, 3.8) is 0 Å². The predicted octanol–water partition coefficient (Wildman–Crippen LogP) is 2.27. The summed E-state index contributed by atoms with van der Waals surface area (Å²) in [7, 11) is 0. The summed E-state index contributed by atoms with van der Waals surface area (Å²) in [6.45, 7) is -0.168. The van der Waals surface area contributed by atoms with E-state index in [4.69, 9.17) is 5.11 Å². The number of hydrogen-bond donors (Lipinski definition) is 2. The van der Waals surface area contributed by atoms with E-state index in [9.17, 15) is 0 Å². The smallest absolute Gasteiger partial charge is 0.201 e. The number of aromatic amines is 1. The minimum Gasteiger partial charge on any atom is -0.388 e. The number of pyridine rings is 1. The van der Waals surface area contributed by atoms with E-state index in [2.05, 4.69) is 36.1 Å². The maximum atomic E-state index is 8.97. The molecule has 0 bridgehead atoms. The number of fused-ring (bicyclic) bond motifs is 1. The van der Waals surface area contributed by atoms with Crippen LogP contribution in [0.2, 0.25) is 0 Å². The molecule has 0 amide bonds. The molecule has 0 spiro atoms. The SMILES string of the molecule is OCc1nc(-c2nc3ccccc3cc2Br)n[nH]1. The Labute approximate surface area is 111 Å². The second-order valence-electron chi connectivity index (χ2n) is 3.78. The van der Waals surface area contributed by atoms with Gasteiger partial charge in [-0.25, -0.2) is 9.97 Å². The van der Waals surface area contributed by atoms with E-state index in [0.29, 0.717) is 17.3 Å². The van der Waals surface area contributed by atoms with Crippen molar-refractivity contribution < 1.29 is 5.11 Å². The fraction of sp³-hybridized carbons (Fsp3) is 0.0833. The van der Waals surface area contributed by atoms with E-state index in [-0.39, 0.29) is 6.61 Å². The molecule has 2 N–H and O–H groups in total. The predicted molar refractivity (Wildman–Crippen MR) is 70.7 cm³/mol. The third-order valence-corrected chi connectivity index (χ3v) is 3.18. The van der Waals surface area contributed by atoms with Crippen molar-refractivity contribution in [1.82, 2.24) is 20.2 Å². The quantitative estimate of drug-likeness (QED) is 0.761. The van der Waals surface area contributed by atoms with Gasteiger partial charge in [0.25, 0.3) is 0 Å². The Morgan fingerprint density at radius 2 is 2.06 bits per heavy atom. The first-order valence-electron chi connectivity index (χ1n) is 5.36. The van der Waals surface area contributed by atoms with E-state index < -0.39 is 0 Å². The summed E-state index contributed by atoms with van der Waals surface area (Å²) in [5.74, 6) is 0.892. The summed E-state index contributed by atoms with van der Waals surface area (Å²) in [5, 5.41) is 16.7. The maximum absolute atomic E-state index is 8.97. The molecule has 0 aliphatic rings. The highest BCUT2D eigenvalue weighted by molar-refractivity contribution is 9.10. The van der Waals surface area contributed by atoms with Gasteiger partial charge in [-0.15, -0.1) is 0 Å². The van der Waals surface area contributed by atoms with E-state index in [1.165, 1.54) is 0 Å². The molecular weight excluding hydrogens is 296 g/mol. The molecule has 0 saturated heterocycles. The first-order valence-corrected chi connectivity index (χ1v) is 6.15. The normalized spacial score (nSPS) is 11.0.